The number of carboxylic acid groups (broad SMARTS) is 1. The van der Waals surface area contributed by atoms with Gasteiger partial charge in [-0.05, 0) is 51.0 Å². The van der Waals surface area contributed by atoms with Crippen LogP contribution in [0.15, 0.2) is 35.3 Å². The van der Waals surface area contributed by atoms with Crippen LogP contribution in [0.3, 0.4) is 0 Å². The van der Waals surface area contributed by atoms with Gasteiger partial charge in [0.2, 0.25) is 0 Å². The third kappa shape index (κ3) is 4.07. The first-order valence-corrected chi connectivity index (χ1v) is 7.05. The highest BCUT2D eigenvalue weighted by molar-refractivity contribution is 9.10. The fourth-order valence-electron chi connectivity index (χ4n) is 2.20. The molecular formula is C15H19BrFNO2. The van der Waals surface area contributed by atoms with Crippen LogP contribution in [0, 0.1) is 5.82 Å². The summed E-state index contributed by atoms with van der Waals surface area (Å²) in [4.78, 5) is 12.9. The molecule has 0 saturated carbocycles. The summed E-state index contributed by atoms with van der Waals surface area (Å²) in [6.07, 6.45) is 1.02. The van der Waals surface area contributed by atoms with Gasteiger partial charge in [-0.3, -0.25) is 4.90 Å². The van der Waals surface area contributed by atoms with E-state index in [9.17, 15) is 14.3 Å². The first kappa shape index (κ1) is 16.7. The van der Waals surface area contributed by atoms with Crippen molar-refractivity contribution in [1.82, 2.24) is 4.90 Å². The van der Waals surface area contributed by atoms with Crippen molar-refractivity contribution >= 4 is 22.0 Å². The van der Waals surface area contributed by atoms with Gasteiger partial charge in [0.1, 0.15) is 5.82 Å². The molecule has 1 N–H and O–H groups in total. The van der Waals surface area contributed by atoms with Gasteiger partial charge in [-0.2, -0.15) is 0 Å². The Morgan fingerprint density at radius 2 is 2.10 bits per heavy atom. The van der Waals surface area contributed by atoms with Crippen LogP contribution in [0.1, 0.15) is 38.8 Å². The van der Waals surface area contributed by atoms with Crippen molar-refractivity contribution in [2.24, 2.45) is 0 Å². The van der Waals surface area contributed by atoms with E-state index in [1.807, 2.05) is 20.8 Å². The van der Waals surface area contributed by atoms with Gasteiger partial charge in [-0.15, -0.1) is 6.58 Å². The molecule has 0 unspecified atom stereocenters. The first-order valence-electron chi connectivity index (χ1n) is 6.26. The normalized spacial score (nSPS) is 12.8. The van der Waals surface area contributed by atoms with E-state index in [4.69, 9.17) is 0 Å². The zero-order chi connectivity index (χ0) is 15.5. The minimum atomic E-state index is -1.04. The molecule has 0 aliphatic rings. The van der Waals surface area contributed by atoms with Gasteiger partial charge in [0, 0.05) is 10.0 Å². The second-order valence-corrected chi connectivity index (χ2v) is 6.48. The smallest absolute Gasteiger partial charge is 0.408 e. The van der Waals surface area contributed by atoms with Crippen LogP contribution < -0.4 is 0 Å². The van der Waals surface area contributed by atoms with Crippen molar-refractivity contribution in [3.63, 3.8) is 0 Å². The number of hydrogen-bond acceptors (Lipinski definition) is 1. The number of amides is 1. The molecule has 0 aliphatic carbocycles. The van der Waals surface area contributed by atoms with Gasteiger partial charge in [0.15, 0.2) is 0 Å². The van der Waals surface area contributed by atoms with Gasteiger partial charge in [-0.1, -0.05) is 22.0 Å². The topological polar surface area (TPSA) is 40.5 Å². The fraction of sp³-hybridized carbons (Fsp3) is 0.400. The lowest BCUT2D eigenvalue weighted by atomic mass is 9.96. The Morgan fingerprint density at radius 3 is 2.50 bits per heavy atom. The summed E-state index contributed by atoms with van der Waals surface area (Å²) < 4.78 is 14.2. The Morgan fingerprint density at radius 1 is 1.50 bits per heavy atom. The average molecular weight is 344 g/mol. The number of rotatable bonds is 4. The summed E-state index contributed by atoms with van der Waals surface area (Å²) >= 11 is 3.24. The number of hydrogen-bond donors (Lipinski definition) is 1. The van der Waals surface area contributed by atoms with E-state index in [2.05, 4.69) is 22.5 Å². The molecule has 0 heterocycles. The summed E-state index contributed by atoms with van der Waals surface area (Å²) in [5, 5.41) is 9.49. The molecule has 3 nitrogen and oxygen atoms in total. The highest BCUT2D eigenvalue weighted by Gasteiger charge is 2.33. The SMILES string of the molecule is C=CC[C@@H](c1cc(F)cc(Br)c1)N(C(=O)O)C(C)(C)C. The van der Waals surface area contributed by atoms with Crippen molar-refractivity contribution in [3.05, 3.63) is 46.7 Å². The molecule has 5 heteroatoms. The highest BCUT2D eigenvalue weighted by Crippen LogP contribution is 2.33. The zero-order valence-electron chi connectivity index (χ0n) is 11.9. The second kappa shape index (κ2) is 6.39. The molecule has 0 radical (unpaired) electrons. The molecule has 1 amide bonds. The van der Waals surface area contributed by atoms with E-state index in [-0.39, 0.29) is 0 Å². The largest absolute Gasteiger partial charge is 0.465 e. The first-order chi connectivity index (χ1) is 9.16. The number of nitrogens with zero attached hydrogens (tertiary/aromatic N) is 1. The number of halogens is 2. The number of carbonyl (C=O) groups is 1. The highest BCUT2D eigenvalue weighted by atomic mass is 79.9. The Bertz CT molecular complexity index is 491. The summed E-state index contributed by atoms with van der Waals surface area (Å²) in [6.45, 7) is 9.10. The van der Waals surface area contributed by atoms with Crippen LogP contribution in [0.2, 0.25) is 0 Å². The summed E-state index contributed by atoms with van der Waals surface area (Å²) in [6, 6.07) is 3.97. The van der Waals surface area contributed by atoms with E-state index in [0.717, 1.165) is 0 Å². The van der Waals surface area contributed by atoms with E-state index in [0.29, 0.717) is 16.5 Å². The molecule has 0 bridgehead atoms. The van der Waals surface area contributed by atoms with Crippen LogP contribution in [0.4, 0.5) is 9.18 Å². The molecule has 0 aromatic heterocycles. The molecule has 1 atom stereocenters. The molecule has 1 aromatic rings. The molecule has 110 valence electrons. The molecule has 0 aliphatic heterocycles. The van der Waals surface area contributed by atoms with Crippen molar-refractivity contribution in [2.45, 2.75) is 38.8 Å². The Hall–Kier alpha value is -1.36. The summed E-state index contributed by atoms with van der Waals surface area (Å²) in [5.41, 5.74) is 0.00674. The Kier molecular flexibility index (Phi) is 5.34. The standard InChI is InChI=1S/C15H19BrFNO2/c1-5-6-13(18(14(19)20)15(2,3)4)10-7-11(16)9-12(17)8-10/h5,7-9,13H,1,6H2,2-4H3,(H,19,20)/t13-/m0/s1. The molecule has 0 spiro atoms. The van der Waals surface area contributed by atoms with Crippen molar-refractivity contribution < 1.29 is 14.3 Å². The minimum Gasteiger partial charge on any atom is -0.465 e. The number of benzene rings is 1. The molecule has 0 saturated heterocycles. The monoisotopic (exact) mass is 343 g/mol. The minimum absolute atomic E-state index is 0.400. The van der Waals surface area contributed by atoms with Crippen LogP contribution in [-0.4, -0.2) is 21.6 Å². The van der Waals surface area contributed by atoms with Gasteiger partial charge in [0.25, 0.3) is 0 Å². The maximum atomic E-state index is 13.6. The average Bonchev–Trinajstić information content (AvgIpc) is 2.24. The van der Waals surface area contributed by atoms with E-state index in [1.54, 1.807) is 12.1 Å². The summed E-state index contributed by atoms with van der Waals surface area (Å²) in [7, 11) is 0. The lowest BCUT2D eigenvalue weighted by Crippen LogP contribution is -2.47. The van der Waals surface area contributed by atoms with Crippen LogP contribution >= 0.6 is 15.9 Å². The Labute approximate surface area is 127 Å². The van der Waals surface area contributed by atoms with Crippen molar-refractivity contribution in [2.75, 3.05) is 0 Å². The lowest BCUT2D eigenvalue weighted by Gasteiger charge is -2.39. The van der Waals surface area contributed by atoms with Crippen LogP contribution in [0.5, 0.6) is 0 Å². The van der Waals surface area contributed by atoms with E-state index >= 15 is 0 Å². The molecule has 1 aromatic carbocycles. The lowest BCUT2D eigenvalue weighted by molar-refractivity contribution is 0.0703. The van der Waals surface area contributed by atoms with Crippen LogP contribution in [0.25, 0.3) is 0 Å². The van der Waals surface area contributed by atoms with Gasteiger partial charge in [0.05, 0.1) is 6.04 Å². The van der Waals surface area contributed by atoms with Crippen molar-refractivity contribution in [1.29, 1.82) is 0 Å². The summed E-state index contributed by atoms with van der Waals surface area (Å²) in [5.74, 6) is -0.400. The predicted molar refractivity (Wildman–Crippen MR) is 81.3 cm³/mol. The van der Waals surface area contributed by atoms with Crippen LogP contribution in [-0.2, 0) is 0 Å². The van der Waals surface area contributed by atoms with Crippen molar-refractivity contribution in [3.8, 4) is 0 Å². The van der Waals surface area contributed by atoms with E-state index < -0.39 is 23.5 Å². The van der Waals surface area contributed by atoms with E-state index in [1.165, 1.54) is 17.0 Å². The van der Waals surface area contributed by atoms with Gasteiger partial charge < -0.3 is 5.11 Å². The van der Waals surface area contributed by atoms with Gasteiger partial charge in [-0.25, -0.2) is 9.18 Å². The Balaban J connectivity index is 3.34. The third-order valence-corrected chi connectivity index (χ3v) is 3.36. The molecular weight excluding hydrogens is 325 g/mol. The van der Waals surface area contributed by atoms with Gasteiger partial charge >= 0.3 is 6.09 Å². The fourth-order valence-corrected chi connectivity index (χ4v) is 2.69. The quantitative estimate of drug-likeness (QED) is 0.782. The maximum absolute atomic E-state index is 13.6. The molecule has 0 fully saturated rings. The predicted octanol–water partition coefficient (Wildman–Crippen LogP) is 4.98. The zero-order valence-corrected chi connectivity index (χ0v) is 13.4. The maximum Gasteiger partial charge on any atom is 0.408 e. The molecule has 20 heavy (non-hydrogen) atoms. The molecule has 1 rings (SSSR count). The second-order valence-electron chi connectivity index (χ2n) is 5.57. The third-order valence-electron chi connectivity index (χ3n) is 2.90.